The summed E-state index contributed by atoms with van der Waals surface area (Å²) in [4.78, 5) is 2.34. The molecule has 0 aliphatic carbocycles. The number of likely N-dealkylation sites (tertiary alicyclic amines) is 1. The Bertz CT molecular complexity index is 475. The van der Waals surface area contributed by atoms with E-state index in [1.807, 2.05) is 11.6 Å². The number of hydrogen-bond acceptors (Lipinski definition) is 4. The molecule has 0 amide bonds. The first kappa shape index (κ1) is 14.0. The summed E-state index contributed by atoms with van der Waals surface area (Å²) in [5.74, 6) is 0.168. The van der Waals surface area contributed by atoms with Crippen molar-refractivity contribution in [2.24, 2.45) is 5.92 Å². The molecule has 5 heteroatoms. The van der Waals surface area contributed by atoms with E-state index >= 15 is 0 Å². The van der Waals surface area contributed by atoms with E-state index in [2.05, 4.69) is 23.0 Å². The minimum Gasteiger partial charge on any atom is -0.394 e. The quantitative estimate of drug-likeness (QED) is 0.886. The van der Waals surface area contributed by atoms with Gasteiger partial charge in [0, 0.05) is 24.3 Å². The smallest absolute Gasteiger partial charge is 0.0669 e. The van der Waals surface area contributed by atoms with Crippen LogP contribution in [0.1, 0.15) is 29.8 Å². The van der Waals surface area contributed by atoms with E-state index in [0.29, 0.717) is 6.54 Å². The second-order valence-corrected chi connectivity index (χ2v) is 5.30. The maximum Gasteiger partial charge on any atom is 0.0669 e. The monoisotopic (exact) mass is 262 g/mol. The largest absolute Gasteiger partial charge is 0.394 e. The summed E-state index contributed by atoms with van der Waals surface area (Å²) in [6.45, 7) is 7.51. The zero-order chi connectivity index (χ0) is 13.8. The molecule has 104 valence electrons. The van der Waals surface area contributed by atoms with Gasteiger partial charge in [0.1, 0.15) is 0 Å². The molecule has 1 aromatic heterocycles. The Hall–Kier alpha value is -1.38. The van der Waals surface area contributed by atoms with E-state index in [1.54, 1.807) is 0 Å². The molecule has 1 fully saturated rings. The molecule has 0 unspecified atom stereocenters. The van der Waals surface area contributed by atoms with Crippen LogP contribution in [-0.4, -0.2) is 39.5 Å². The molecular weight excluding hydrogens is 240 g/mol. The molecule has 0 radical (unpaired) electrons. The van der Waals surface area contributed by atoms with Crippen molar-refractivity contribution < 1.29 is 5.11 Å². The first-order chi connectivity index (χ1) is 9.15. The topological polar surface area (TPSA) is 65.1 Å². The van der Waals surface area contributed by atoms with Gasteiger partial charge in [0.05, 0.1) is 30.8 Å². The summed E-state index contributed by atoms with van der Waals surface area (Å²) < 4.78 is 1.87. The molecule has 0 spiro atoms. The van der Waals surface area contributed by atoms with Gasteiger partial charge in [0.25, 0.3) is 0 Å². The lowest BCUT2D eigenvalue weighted by molar-refractivity contribution is 0.191. The Morgan fingerprint density at radius 3 is 2.95 bits per heavy atom. The highest BCUT2D eigenvalue weighted by molar-refractivity contribution is 5.24. The third-order valence-corrected chi connectivity index (χ3v) is 3.91. The lowest BCUT2D eigenvalue weighted by atomic mass is 9.99. The predicted molar refractivity (Wildman–Crippen MR) is 72.4 cm³/mol. The summed E-state index contributed by atoms with van der Waals surface area (Å²) in [6.07, 6.45) is 2.12. The van der Waals surface area contributed by atoms with Crippen molar-refractivity contribution in [3.63, 3.8) is 0 Å². The Labute approximate surface area is 114 Å². The number of nitriles is 1. The molecular formula is C14H22N4O. The molecule has 0 saturated carbocycles. The second-order valence-electron chi connectivity index (χ2n) is 5.30. The van der Waals surface area contributed by atoms with Crippen molar-refractivity contribution in [1.82, 2.24) is 14.7 Å². The van der Waals surface area contributed by atoms with Crippen LogP contribution in [0.2, 0.25) is 0 Å². The molecule has 5 nitrogen and oxygen atoms in total. The predicted octanol–water partition coefficient (Wildman–Crippen LogP) is 1.23. The van der Waals surface area contributed by atoms with Crippen molar-refractivity contribution in [2.75, 3.05) is 19.7 Å². The van der Waals surface area contributed by atoms with Crippen molar-refractivity contribution in [1.29, 1.82) is 5.26 Å². The van der Waals surface area contributed by atoms with E-state index in [9.17, 15) is 0 Å². The standard InChI is InChI=1S/C14H22N4O/c1-11-14(12(2)18(16-11)6-7-19)10-17-5-3-4-13(8-15)9-17/h13,19H,3-7,9-10H2,1-2H3/t13-/m0/s1. The van der Waals surface area contributed by atoms with Crippen LogP contribution in [0.4, 0.5) is 0 Å². The van der Waals surface area contributed by atoms with Gasteiger partial charge in [-0.3, -0.25) is 9.58 Å². The number of nitrogens with zero attached hydrogens (tertiary/aromatic N) is 4. The first-order valence-electron chi connectivity index (χ1n) is 6.91. The molecule has 19 heavy (non-hydrogen) atoms. The lowest BCUT2D eigenvalue weighted by Crippen LogP contribution is -2.34. The molecule has 1 aromatic rings. The van der Waals surface area contributed by atoms with E-state index < -0.39 is 0 Å². The van der Waals surface area contributed by atoms with Crippen LogP contribution < -0.4 is 0 Å². The molecule has 1 aliphatic rings. The van der Waals surface area contributed by atoms with Gasteiger partial charge < -0.3 is 5.11 Å². The normalized spacial score (nSPS) is 20.4. The summed E-state index contributed by atoms with van der Waals surface area (Å²) >= 11 is 0. The van der Waals surface area contributed by atoms with E-state index in [1.165, 1.54) is 5.56 Å². The third kappa shape index (κ3) is 3.14. The summed E-state index contributed by atoms with van der Waals surface area (Å²) in [5, 5.41) is 22.5. The van der Waals surface area contributed by atoms with Crippen LogP contribution in [-0.2, 0) is 13.1 Å². The number of aliphatic hydroxyl groups excluding tert-OH is 1. The zero-order valence-corrected chi connectivity index (χ0v) is 11.8. The van der Waals surface area contributed by atoms with E-state index in [-0.39, 0.29) is 12.5 Å². The average Bonchev–Trinajstić information content (AvgIpc) is 2.67. The number of rotatable bonds is 4. The van der Waals surface area contributed by atoms with Crippen molar-refractivity contribution >= 4 is 0 Å². The van der Waals surface area contributed by atoms with Gasteiger partial charge in [0.2, 0.25) is 0 Å². The number of piperidine rings is 1. The highest BCUT2D eigenvalue weighted by Gasteiger charge is 2.21. The fourth-order valence-corrected chi connectivity index (χ4v) is 2.80. The summed E-state index contributed by atoms with van der Waals surface area (Å²) in [7, 11) is 0. The number of aromatic nitrogens is 2. The molecule has 1 saturated heterocycles. The van der Waals surface area contributed by atoms with E-state index in [0.717, 1.165) is 43.9 Å². The van der Waals surface area contributed by atoms with Gasteiger partial charge in [-0.15, -0.1) is 0 Å². The van der Waals surface area contributed by atoms with Crippen molar-refractivity contribution in [3.05, 3.63) is 17.0 Å². The molecule has 1 aliphatic heterocycles. The van der Waals surface area contributed by atoms with Crippen molar-refractivity contribution in [3.8, 4) is 6.07 Å². The van der Waals surface area contributed by atoms with Crippen LogP contribution in [0.15, 0.2) is 0 Å². The first-order valence-corrected chi connectivity index (χ1v) is 6.91. The minimum atomic E-state index is 0.113. The molecule has 0 bridgehead atoms. The summed E-state index contributed by atoms with van der Waals surface area (Å²) in [5.41, 5.74) is 3.41. The second kappa shape index (κ2) is 6.18. The Morgan fingerprint density at radius 2 is 2.26 bits per heavy atom. The Kier molecular flexibility index (Phi) is 4.56. The fourth-order valence-electron chi connectivity index (χ4n) is 2.80. The van der Waals surface area contributed by atoms with Crippen LogP contribution in [0.25, 0.3) is 0 Å². The van der Waals surface area contributed by atoms with E-state index in [4.69, 9.17) is 10.4 Å². The molecule has 1 N–H and O–H groups in total. The SMILES string of the molecule is Cc1nn(CCO)c(C)c1CN1CCC[C@@H](C#N)C1. The zero-order valence-electron chi connectivity index (χ0n) is 11.8. The minimum absolute atomic E-state index is 0.113. The lowest BCUT2D eigenvalue weighted by Gasteiger charge is -2.29. The third-order valence-electron chi connectivity index (χ3n) is 3.91. The van der Waals surface area contributed by atoms with Gasteiger partial charge in [-0.25, -0.2) is 0 Å². The van der Waals surface area contributed by atoms with Crippen molar-refractivity contribution in [2.45, 2.75) is 39.8 Å². The Morgan fingerprint density at radius 1 is 1.47 bits per heavy atom. The van der Waals surface area contributed by atoms with Gasteiger partial charge in [-0.1, -0.05) is 0 Å². The number of aliphatic hydroxyl groups is 1. The van der Waals surface area contributed by atoms with Crippen LogP contribution in [0.5, 0.6) is 0 Å². The number of hydrogen-bond donors (Lipinski definition) is 1. The van der Waals surface area contributed by atoms with Gasteiger partial charge >= 0.3 is 0 Å². The maximum absolute atomic E-state index is 9.04. The molecule has 1 atom stereocenters. The molecule has 2 rings (SSSR count). The number of aryl methyl sites for hydroxylation is 1. The molecule has 2 heterocycles. The van der Waals surface area contributed by atoms with Crippen LogP contribution >= 0.6 is 0 Å². The fraction of sp³-hybridized carbons (Fsp3) is 0.714. The van der Waals surface area contributed by atoms with Gasteiger partial charge in [0.15, 0.2) is 0 Å². The van der Waals surface area contributed by atoms with Gasteiger partial charge in [-0.2, -0.15) is 10.4 Å². The van der Waals surface area contributed by atoms with Gasteiger partial charge in [-0.05, 0) is 33.2 Å². The summed E-state index contributed by atoms with van der Waals surface area (Å²) in [6, 6.07) is 2.38. The van der Waals surface area contributed by atoms with Crippen LogP contribution in [0, 0.1) is 31.1 Å². The highest BCUT2D eigenvalue weighted by Crippen LogP contribution is 2.21. The highest BCUT2D eigenvalue weighted by atomic mass is 16.3. The average molecular weight is 262 g/mol. The van der Waals surface area contributed by atoms with Crippen LogP contribution in [0.3, 0.4) is 0 Å². The Balaban J connectivity index is 2.08. The maximum atomic E-state index is 9.04. The molecule has 0 aromatic carbocycles.